The number of nitrogens with two attached hydrogens (primary N) is 1. The molecule has 0 saturated heterocycles. The molecule has 2 unspecified atom stereocenters. The van der Waals surface area contributed by atoms with E-state index in [-0.39, 0.29) is 6.04 Å². The zero-order valence-corrected chi connectivity index (χ0v) is 13.6. The van der Waals surface area contributed by atoms with Crippen molar-refractivity contribution >= 4 is 10.0 Å². The lowest BCUT2D eigenvalue weighted by Gasteiger charge is -2.21. The highest BCUT2D eigenvalue weighted by Crippen LogP contribution is 2.20. The fourth-order valence-electron chi connectivity index (χ4n) is 2.05. The van der Waals surface area contributed by atoms with Gasteiger partial charge in [-0.2, -0.15) is 0 Å². The van der Waals surface area contributed by atoms with E-state index in [0.29, 0.717) is 23.8 Å². The minimum absolute atomic E-state index is 0.0868. The van der Waals surface area contributed by atoms with Gasteiger partial charge in [0.2, 0.25) is 10.0 Å². The summed E-state index contributed by atoms with van der Waals surface area (Å²) in [4.78, 5) is 0.359. The van der Waals surface area contributed by atoms with Crippen LogP contribution in [-0.4, -0.2) is 14.5 Å². The summed E-state index contributed by atoms with van der Waals surface area (Å²) in [5.74, 6) is 0.299. The predicted octanol–water partition coefficient (Wildman–Crippen LogP) is 2.42. The number of nitrogens with one attached hydrogen (secondary N) is 1. The van der Waals surface area contributed by atoms with E-state index in [1.165, 1.54) is 0 Å². The molecule has 3 N–H and O–H groups in total. The van der Waals surface area contributed by atoms with Crippen LogP contribution in [0.5, 0.6) is 0 Å². The predicted molar refractivity (Wildman–Crippen MR) is 82.9 cm³/mol. The smallest absolute Gasteiger partial charge is 0.241 e. The van der Waals surface area contributed by atoms with E-state index in [1.807, 2.05) is 32.9 Å². The molecule has 1 aromatic carbocycles. The highest BCUT2D eigenvalue weighted by atomic mass is 32.2. The van der Waals surface area contributed by atoms with Crippen LogP contribution in [-0.2, 0) is 23.0 Å². The lowest BCUT2D eigenvalue weighted by molar-refractivity contribution is 0.434. The molecule has 4 nitrogen and oxygen atoms in total. The molecule has 0 aliphatic heterocycles. The highest BCUT2D eigenvalue weighted by molar-refractivity contribution is 7.89. The second-order valence-corrected chi connectivity index (χ2v) is 6.98. The van der Waals surface area contributed by atoms with Crippen molar-refractivity contribution in [3.8, 4) is 0 Å². The maximum Gasteiger partial charge on any atom is 0.241 e. The molecule has 1 aromatic rings. The number of benzene rings is 1. The fourth-order valence-corrected chi connectivity index (χ4v) is 3.76. The van der Waals surface area contributed by atoms with E-state index in [0.717, 1.165) is 17.5 Å². The van der Waals surface area contributed by atoms with E-state index in [2.05, 4.69) is 11.6 Å². The Kier molecular flexibility index (Phi) is 6.17. The first kappa shape index (κ1) is 17.1. The molecule has 0 aliphatic rings. The first-order chi connectivity index (χ1) is 9.35. The van der Waals surface area contributed by atoms with Crippen LogP contribution < -0.4 is 10.5 Å². The molecule has 1 rings (SSSR count). The van der Waals surface area contributed by atoms with Gasteiger partial charge >= 0.3 is 0 Å². The van der Waals surface area contributed by atoms with Gasteiger partial charge in [-0.25, -0.2) is 13.1 Å². The molecule has 0 aromatic heterocycles. The monoisotopic (exact) mass is 298 g/mol. The molecule has 0 radical (unpaired) electrons. The minimum atomic E-state index is -3.50. The zero-order chi connectivity index (χ0) is 15.3. The first-order valence-electron chi connectivity index (χ1n) is 7.19. The number of hydrogen-bond acceptors (Lipinski definition) is 3. The lowest BCUT2D eigenvalue weighted by atomic mass is 10.0. The van der Waals surface area contributed by atoms with Gasteiger partial charge in [0.15, 0.2) is 0 Å². The van der Waals surface area contributed by atoms with Crippen LogP contribution in [0.3, 0.4) is 0 Å². The summed E-state index contributed by atoms with van der Waals surface area (Å²) in [6.07, 6.45) is 1.62. The van der Waals surface area contributed by atoms with E-state index < -0.39 is 10.0 Å². The minimum Gasteiger partial charge on any atom is -0.326 e. The summed E-state index contributed by atoms with van der Waals surface area (Å²) in [6.45, 7) is 8.30. The number of aryl methyl sites for hydroxylation is 1. The van der Waals surface area contributed by atoms with Gasteiger partial charge < -0.3 is 5.73 Å². The molecule has 0 spiro atoms. The molecule has 114 valence electrons. The van der Waals surface area contributed by atoms with Gasteiger partial charge in [-0.05, 0) is 36.5 Å². The largest absolute Gasteiger partial charge is 0.326 e. The van der Waals surface area contributed by atoms with Gasteiger partial charge in [0, 0.05) is 12.6 Å². The van der Waals surface area contributed by atoms with Crippen molar-refractivity contribution in [3.63, 3.8) is 0 Å². The molecule has 20 heavy (non-hydrogen) atoms. The van der Waals surface area contributed by atoms with Crippen LogP contribution in [0.15, 0.2) is 23.1 Å². The Balaban J connectivity index is 3.14. The van der Waals surface area contributed by atoms with E-state index in [9.17, 15) is 8.42 Å². The Hall–Kier alpha value is -0.910. The Morgan fingerprint density at radius 1 is 1.25 bits per heavy atom. The SMILES string of the molecule is CCc1ccc(CN)cc1S(=O)(=O)NC(C)C(C)CC. The summed E-state index contributed by atoms with van der Waals surface area (Å²) in [5, 5.41) is 0. The first-order valence-corrected chi connectivity index (χ1v) is 8.68. The van der Waals surface area contributed by atoms with Crippen LogP contribution in [0, 0.1) is 5.92 Å². The van der Waals surface area contributed by atoms with Crippen molar-refractivity contribution in [1.82, 2.24) is 4.72 Å². The van der Waals surface area contributed by atoms with Crippen LogP contribution in [0.25, 0.3) is 0 Å². The molecule has 0 heterocycles. The summed E-state index contributed by atoms with van der Waals surface area (Å²) < 4.78 is 27.9. The van der Waals surface area contributed by atoms with Crippen molar-refractivity contribution in [2.24, 2.45) is 11.7 Å². The van der Waals surface area contributed by atoms with Crippen LogP contribution in [0.2, 0.25) is 0 Å². The molecule has 5 heteroatoms. The average Bonchev–Trinajstić information content (AvgIpc) is 2.44. The van der Waals surface area contributed by atoms with E-state index >= 15 is 0 Å². The normalized spacial score (nSPS) is 15.1. The number of sulfonamides is 1. The Labute approximate surface area is 122 Å². The second-order valence-electron chi connectivity index (χ2n) is 5.30. The second kappa shape index (κ2) is 7.20. The van der Waals surface area contributed by atoms with Gasteiger partial charge in [0.1, 0.15) is 0 Å². The number of rotatable bonds is 7. The molecular formula is C15H26N2O2S. The zero-order valence-electron chi connectivity index (χ0n) is 12.8. The van der Waals surface area contributed by atoms with Crippen LogP contribution in [0.4, 0.5) is 0 Å². The third kappa shape index (κ3) is 4.04. The molecule has 0 amide bonds. The maximum absolute atomic E-state index is 12.6. The third-order valence-corrected chi connectivity index (χ3v) is 5.52. The van der Waals surface area contributed by atoms with Crippen molar-refractivity contribution in [1.29, 1.82) is 0 Å². The van der Waals surface area contributed by atoms with Crippen molar-refractivity contribution in [3.05, 3.63) is 29.3 Å². The third-order valence-electron chi connectivity index (χ3n) is 3.88. The quantitative estimate of drug-likeness (QED) is 0.812. The molecule has 0 fully saturated rings. The Morgan fingerprint density at radius 3 is 2.40 bits per heavy atom. The van der Waals surface area contributed by atoms with Gasteiger partial charge in [0.05, 0.1) is 4.90 Å². The van der Waals surface area contributed by atoms with Gasteiger partial charge in [-0.1, -0.05) is 39.3 Å². The maximum atomic E-state index is 12.6. The number of hydrogen-bond donors (Lipinski definition) is 2. The summed E-state index contributed by atoms with van der Waals surface area (Å²) >= 11 is 0. The molecule has 0 aliphatic carbocycles. The average molecular weight is 298 g/mol. The van der Waals surface area contributed by atoms with Crippen molar-refractivity contribution < 1.29 is 8.42 Å². The van der Waals surface area contributed by atoms with Crippen molar-refractivity contribution in [2.75, 3.05) is 0 Å². The molecular weight excluding hydrogens is 272 g/mol. The molecule has 2 atom stereocenters. The fraction of sp³-hybridized carbons (Fsp3) is 0.600. The van der Waals surface area contributed by atoms with Crippen LogP contribution in [0.1, 0.15) is 45.2 Å². The van der Waals surface area contributed by atoms with E-state index in [4.69, 9.17) is 5.73 Å². The van der Waals surface area contributed by atoms with E-state index in [1.54, 1.807) is 6.07 Å². The Bertz CT molecular complexity index is 541. The topological polar surface area (TPSA) is 72.2 Å². The molecule has 0 bridgehead atoms. The summed E-state index contributed by atoms with van der Waals surface area (Å²) in [6, 6.07) is 5.33. The molecule has 0 saturated carbocycles. The van der Waals surface area contributed by atoms with Gasteiger partial charge in [0.25, 0.3) is 0 Å². The summed E-state index contributed by atoms with van der Waals surface area (Å²) in [5.41, 5.74) is 7.27. The Morgan fingerprint density at radius 2 is 1.90 bits per heavy atom. The standard InChI is InChI=1S/C15H26N2O2S/c1-5-11(3)12(4)17-20(18,19)15-9-13(10-16)7-8-14(15)6-2/h7-9,11-12,17H,5-6,10,16H2,1-4H3. The van der Waals surface area contributed by atoms with Crippen LogP contribution >= 0.6 is 0 Å². The van der Waals surface area contributed by atoms with Gasteiger partial charge in [-0.3, -0.25) is 0 Å². The lowest BCUT2D eigenvalue weighted by Crippen LogP contribution is -2.37. The van der Waals surface area contributed by atoms with Crippen molar-refractivity contribution in [2.45, 2.75) is 58.0 Å². The summed E-state index contributed by atoms with van der Waals surface area (Å²) in [7, 11) is -3.50. The highest BCUT2D eigenvalue weighted by Gasteiger charge is 2.22. The van der Waals surface area contributed by atoms with Gasteiger partial charge in [-0.15, -0.1) is 0 Å².